The Morgan fingerprint density at radius 3 is 2.67 bits per heavy atom. The number of non-ortho nitro benzene ring substituents is 1. The first-order chi connectivity index (χ1) is 8.52. The zero-order chi connectivity index (χ0) is 13.2. The number of nitrogens with one attached hydrogen (secondary N) is 1. The molecule has 1 aromatic rings. The summed E-state index contributed by atoms with van der Waals surface area (Å²) in [5, 5.41) is 14.3. The molecule has 0 spiro atoms. The highest BCUT2D eigenvalue weighted by atomic mass is 16.6. The van der Waals surface area contributed by atoms with E-state index >= 15 is 0 Å². The van der Waals surface area contributed by atoms with Crippen LogP contribution in [0.4, 0.5) is 5.69 Å². The molecule has 0 atom stereocenters. The van der Waals surface area contributed by atoms with Gasteiger partial charge in [0.25, 0.3) is 5.69 Å². The standard InChI is InChI=1S/C13H18N2O3/c1-13(4-3-5-13)14-9-10-6-11(15(16)17)8-12(7-10)18-2/h6-8,14H,3-5,9H2,1-2H3. The minimum absolute atomic E-state index is 0.0740. The van der Waals surface area contributed by atoms with Crippen LogP contribution >= 0.6 is 0 Å². The van der Waals surface area contributed by atoms with Gasteiger partial charge in [0.15, 0.2) is 0 Å². The Morgan fingerprint density at radius 1 is 1.44 bits per heavy atom. The molecular weight excluding hydrogens is 232 g/mol. The third kappa shape index (κ3) is 2.79. The van der Waals surface area contributed by atoms with Gasteiger partial charge in [-0.3, -0.25) is 10.1 Å². The SMILES string of the molecule is COc1cc(CNC2(C)CCC2)cc([N+](=O)[O-])c1. The highest BCUT2D eigenvalue weighted by molar-refractivity contribution is 5.42. The molecule has 98 valence electrons. The van der Waals surface area contributed by atoms with Crippen LogP contribution in [0.5, 0.6) is 5.75 Å². The first-order valence-corrected chi connectivity index (χ1v) is 6.10. The van der Waals surface area contributed by atoms with Crippen molar-refractivity contribution in [1.82, 2.24) is 5.32 Å². The van der Waals surface area contributed by atoms with Crippen molar-refractivity contribution >= 4 is 5.69 Å². The summed E-state index contributed by atoms with van der Waals surface area (Å²) in [5.41, 5.74) is 1.15. The summed E-state index contributed by atoms with van der Waals surface area (Å²) >= 11 is 0. The van der Waals surface area contributed by atoms with Crippen molar-refractivity contribution in [2.24, 2.45) is 0 Å². The predicted molar refractivity (Wildman–Crippen MR) is 68.7 cm³/mol. The molecular formula is C13H18N2O3. The van der Waals surface area contributed by atoms with Gasteiger partial charge < -0.3 is 10.1 Å². The monoisotopic (exact) mass is 250 g/mol. The van der Waals surface area contributed by atoms with Crippen LogP contribution in [0.15, 0.2) is 18.2 Å². The summed E-state index contributed by atoms with van der Waals surface area (Å²) < 4.78 is 5.09. The molecule has 0 radical (unpaired) electrons. The first kappa shape index (κ1) is 12.8. The van der Waals surface area contributed by atoms with E-state index < -0.39 is 4.92 Å². The third-order valence-electron chi connectivity index (χ3n) is 3.57. The average molecular weight is 250 g/mol. The van der Waals surface area contributed by atoms with E-state index in [1.54, 1.807) is 6.07 Å². The highest BCUT2D eigenvalue weighted by Gasteiger charge is 2.30. The largest absolute Gasteiger partial charge is 0.496 e. The Labute approximate surface area is 106 Å². The summed E-state index contributed by atoms with van der Waals surface area (Å²) in [7, 11) is 1.52. The van der Waals surface area contributed by atoms with Crippen LogP contribution in [-0.4, -0.2) is 17.6 Å². The maximum absolute atomic E-state index is 10.8. The highest BCUT2D eigenvalue weighted by Crippen LogP contribution is 2.31. The minimum atomic E-state index is -0.392. The number of benzene rings is 1. The average Bonchev–Trinajstić information content (AvgIpc) is 2.33. The van der Waals surface area contributed by atoms with E-state index in [0.717, 1.165) is 5.56 Å². The summed E-state index contributed by atoms with van der Waals surface area (Å²) in [4.78, 5) is 10.4. The maximum Gasteiger partial charge on any atom is 0.273 e. The van der Waals surface area contributed by atoms with Gasteiger partial charge in [-0.15, -0.1) is 0 Å². The fraction of sp³-hybridized carbons (Fsp3) is 0.538. The Morgan fingerprint density at radius 2 is 2.17 bits per heavy atom. The smallest absolute Gasteiger partial charge is 0.273 e. The van der Waals surface area contributed by atoms with Crippen LogP contribution in [0, 0.1) is 10.1 Å². The second-order valence-electron chi connectivity index (χ2n) is 5.06. The van der Waals surface area contributed by atoms with Gasteiger partial charge in [0.1, 0.15) is 5.75 Å². The molecule has 0 bridgehead atoms. The molecule has 1 fully saturated rings. The van der Waals surface area contributed by atoms with Gasteiger partial charge >= 0.3 is 0 Å². The number of hydrogen-bond acceptors (Lipinski definition) is 4. The van der Waals surface area contributed by atoms with Crippen LogP contribution in [0.1, 0.15) is 31.7 Å². The van der Waals surface area contributed by atoms with E-state index in [0.29, 0.717) is 12.3 Å². The fourth-order valence-corrected chi connectivity index (χ4v) is 2.17. The number of rotatable bonds is 5. The van der Waals surface area contributed by atoms with E-state index in [-0.39, 0.29) is 11.2 Å². The van der Waals surface area contributed by atoms with Crippen LogP contribution in [-0.2, 0) is 6.54 Å². The molecule has 5 heteroatoms. The molecule has 0 aliphatic heterocycles. The second-order valence-corrected chi connectivity index (χ2v) is 5.06. The van der Waals surface area contributed by atoms with Crippen molar-refractivity contribution < 1.29 is 9.66 Å². The number of ether oxygens (including phenoxy) is 1. The quantitative estimate of drug-likeness (QED) is 0.644. The van der Waals surface area contributed by atoms with Crippen molar-refractivity contribution in [3.63, 3.8) is 0 Å². The molecule has 1 saturated carbocycles. The molecule has 1 N–H and O–H groups in total. The normalized spacial score (nSPS) is 17.0. The zero-order valence-corrected chi connectivity index (χ0v) is 10.7. The molecule has 0 saturated heterocycles. The molecule has 0 amide bonds. The van der Waals surface area contributed by atoms with Gasteiger partial charge in [0, 0.05) is 18.2 Å². The molecule has 1 aliphatic carbocycles. The summed E-state index contributed by atoms with van der Waals surface area (Å²) in [6.45, 7) is 2.82. The molecule has 5 nitrogen and oxygen atoms in total. The minimum Gasteiger partial charge on any atom is -0.496 e. The van der Waals surface area contributed by atoms with E-state index in [1.807, 2.05) is 6.07 Å². The molecule has 2 rings (SSSR count). The third-order valence-corrected chi connectivity index (χ3v) is 3.57. The lowest BCUT2D eigenvalue weighted by molar-refractivity contribution is -0.385. The van der Waals surface area contributed by atoms with Gasteiger partial charge in [-0.2, -0.15) is 0 Å². The maximum atomic E-state index is 10.8. The molecule has 18 heavy (non-hydrogen) atoms. The van der Waals surface area contributed by atoms with Crippen LogP contribution < -0.4 is 10.1 Å². The Hall–Kier alpha value is -1.62. The number of nitrogens with zero attached hydrogens (tertiary/aromatic N) is 1. The number of hydrogen-bond donors (Lipinski definition) is 1. The topological polar surface area (TPSA) is 64.4 Å². The Balaban J connectivity index is 2.11. The van der Waals surface area contributed by atoms with E-state index in [4.69, 9.17) is 4.74 Å². The van der Waals surface area contributed by atoms with Gasteiger partial charge in [0.05, 0.1) is 18.1 Å². The number of methoxy groups -OCH3 is 1. The van der Waals surface area contributed by atoms with Crippen molar-refractivity contribution in [1.29, 1.82) is 0 Å². The van der Waals surface area contributed by atoms with Crippen LogP contribution in [0.2, 0.25) is 0 Å². The lowest BCUT2D eigenvalue weighted by Gasteiger charge is -2.39. The summed E-state index contributed by atoms with van der Waals surface area (Å²) in [6.07, 6.45) is 3.58. The lowest BCUT2D eigenvalue weighted by atomic mass is 9.78. The molecule has 1 aromatic carbocycles. The summed E-state index contributed by atoms with van der Waals surface area (Å²) in [5.74, 6) is 0.528. The molecule has 0 heterocycles. The van der Waals surface area contributed by atoms with Gasteiger partial charge in [-0.25, -0.2) is 0 Å². The van der Waals surface area contributed by atoms with Crippen LogP contribution in [0.3, 0.4) is 0 Å². The number of nitro groups is 1. The van der Waals surface area contributed by atoms with Gasteiger partial charge in [0.2, 0.25) is 0 Å². The van der Waals surface area contributed by atoms with Gasteiger partial charge in [-0.1, -0.05) is 0 Å². The van der Waals surface area contributed by atoms with Crippen molar-refractivity contribution in [3.8, 4) is 5.75 Å². The Kier molecular flexibility index (Phi) is 3.52. The van der Waals surface area contributed by atoms with E-state index in [1.165, 1.54) is 32.4 Å². The summed E-state index contributed by atoms with van der Waals surface area (Å²) in [6, 6.07) is 4.87. The Bertz CT molecular complexity index is 456. The van der Waals surface area contributed by atoms with E-state index in [2.05, 4.69) is 12.2 Å². The van der Waals surface area contributed by atoms with Gasteiger partial charge in [-0.05, 0) is 37.8 Å². The molecule has 0 aromatic heterocycles. The molecule has 0 unspecified atom stereocenters. The number of nitro benzene ring substituents is 1. The second kappa shape index (κ2) is 4.94. The van der Waals surface area contributed by atoms with Crippen molar-refractivity contribution in [3.05, 3.63) is 33.9 Å². The first-order valence-electron chi connectivity index (χ1n) is 6.10. The fourth-order valence-electron chi connectivity index (χ4n) is 2.17. The van der Waals surface area contributed by atoms with Crippen molar-refractivity contribution in [2.45, 2.75) is 38.3 Å². The van der Waals surface area contributed by atoms with Crippen molar-refractivity contribution in [2.75, 3.05) is 7.11 Å². The van der Waals surface area contributed by atoms with E-state index in [9.17, 15) is 10.1 Å². The van der Waals surface area contributed by atoms with Crippen LogP contribution in [0.25, 0.3) is 0 Å². The lowest BCUT2D eigenvalue weighted by Crippen LogP contribution is -2.47. The predicted octanol–water partition coefficient (Wildman–Crippen LogP) is 2.64. The zero-order valence-electron chi connectivity index (χ0n) is 10.7. The molecule has 1 aliphatic rings.